The lowest BCUT2D eigenvalue weighted by molar-refractivity contribution is -0.160. The number of fused-ring (bicyclic) bond motifs is 1. The number of ether oxygens (including phenoxy) is 1. The van der Waals surface area contributed by atoms with Crippen LogP contribution in [-0.2, 0) is 20.5 Å². The van der Waals surface area contributed by atoms with Crippen molar-refractivity contribution in [2.24, 2.45) is 0 Å². The van der Waals surface area contributed by atoms with Crippen molar-refractivity contribution < 1.29 is 27.5 Å². The van der Waals surface area contributed by atoms with Crippen LogP contribution in [0.3, 0.4) is 0 Å². The maximum absolute atomic E-state index is 13.5. The maximum atomic E-state index is 13.5. The van der Waals surface area contributed by atoms with E-state index in [1.165, 1.54) is 24.3 Å². The fraction of sp³-hybridized carbons (Fsp3) is 0.370. The zero-order valence-corrected chi connectivity index (χ0v) is 20.9. The number of likely N-dealkylation sites (N-methyl/N-ethyl adjacent to an activating group) is 1. The second kappa shape index (κ2) is 9.66. The largest absolute Gasteiger partial charge is 0.457 e. The Bertz CT molecular complexity index is 1410. The van der Waals surface area contributed by atoms with Gasteiger partial charge in [-0.1, -0.05) is 30.3 Å². The predicted octanol–water partition coefficient (Wildman–Crippen LogP) is 4.07. The summed E-state index contributed by atoms with van der Waals surface area (Å²) in [6, 6.07) is 11.0. The molecule has 0 bridgehead atoms. The molecule has 2 atom stereocenters. The van der Waals surface area contributed by atoms with Gasteiger partial charge in [-0.25, -0.2) is 0 Å². The minimum absolute atomic E-state index is 0.0538. The van der Waals surface area contributed by atoms with Gasteiger partial charge >= 0.3 is 12.1 Å². The third-order valence-electron chi connectivity index (χ3n) is 6.56. The number of hydrogen-bond donors (Lipinski definition) is 2. The summed E-state index contributed by atoms with van der Waals surface area (Å²) in [6.45, 7) is 3.58. The van der Waals surface area contributed by atoms with Crippen molar-refractivity contribution in [3.05, 3.63) is 70.0 Å². The number of nitrogens with one attached hydrogen (secondary N) is 2. The average Bonchev–Trinajstić information content (AvgIpc) is 3.20. The van der Waals surface area contributed by atoms with Gasteiger partial charge in [0.05, 0.1) is 24.1 Å². The van der Waals surface area contributed by atoms with Crippen LogP contribution in [0.15, 0.2) is 53.3 Å². The first kappa shape index (κ1) is 26.4. The number of pyridine rings is 1. The van der Waals surface area contributed by atoms with Crippen LogP contribution in [0.25, 0.3) is 22.0 Å². The molecule has 1 aromatic heterocycles. The van der Waals surface area contributed by atoms with Crippen LogP contribution in [-0.4, -0.2) is 54.0 Å². The molecular formula is C27H28F3N3O4. The van der Waals surface area contributed by atoms with E-state index in [-0.39, 0.29) is 29.1 Å². The Morgan fingerprint density at radius 1 is 1.08 bits per heavy atom. The number of H-pyrrole nitrogens is 1. The Balaban J connectivity index is 1.62. The summed E-state index contributed by atoms with van der Waals surface area (Å²) in [5.74, 6) is -1.24. The highest BCUT2D eigenvalue weighted by Crippen LogP contribution is 2.37. The number of carbonyl (C=O) groups excluding carboxylic acids is 2. The SMILES string of the molecule is CN(C)CC(=O)OC(C)(C)C1C[C@@H](c2ccc3cc(-c4ccccc4C(F)(F)F)[nH]c(=O)c3c2)C(=O)N1. The molecule has 10 heteroatoms. The number of aromatic nitrogens is 1. The predicted molar refractivity (Wildman–Crippen MR) is 133 cm³/mol. The maximum Gasteiger partial charge on any atom is 0.417 e. The molecule has 0 spiro atoms. The zero-order valence-electron chi connectivity index (χ0n) is 20.9. The number of rotatable bonds is 6. The minimum atomic E-state index is -4.58. The number of alkyl halides is 3. The topological polar surface area (TPSA) is 91.5 Å². The molecule has 2 N–H and O–H groups in total. The number of halogens is 3. The lowest BCUT2D eigenvalue weighted by Gasteiger charge is -2.31. The van der Waals surface area contributed by atoms with Gasteiger partial charge in [-0.05, 0) is 63.5 Å². The molecule has 1 saturated heterocycles. The van der Waals surface area contributed by atoms with Crippen LogP contribution >= 0.6 is 0 Å². The van der Waals surface area contributed by atoms with Crippen molar-refractivity contribution in [3.63, 3.8) is 0 Å². The summed E-state index contributed by atoms with van der Waals surface area (Å²) in [4.78, 5) is 42.2. The molecule has 3 aromatic rings. The monoisotopic (exact) mass is 515 g/mol. The van der Waals surface area contributed by atoms with E-state index in [2.05, 4.69) is 10.3 Å². The van der Waals surface area contributed by atoms with Crippen LogP contribution in [0, 0.1) is 0 Å². The minimum Gasteiger partial charge on any atom is -0.457 e. The number of benzene rings is 2. The Kier molecular flexibility index (Phi) is 6.89. The van der Waals surface area contributed by atoms with Gasteiger partial charge in [-0.2, -0.15) is 13.2 Å². The quantitative estimate of drug-likeness (QED) is 0.483. The van der Waals surface area contributed by atoms with Crippen molar-refractivity contribution >= 4 is 22.6 Å². The number of hydrogen-bond acceptors (Lipinski definition) is 5. The van der Waals surface area contributed by atoms with E-state index in [0.717, 1.165) is 6.07 Å². The number of nitrogens with zero attached hydrogens (tertiary/aromatic N) is 1. The third kappa shape index (κ3) is 5.53. The smallest absolute Gasteiger partial charge is 0.417 e. The molecule has 1 fully saturated rings. The van der Waals surface area contributed by atoms with E-state index >= 15 is 0 Å². The highest BCUT2D eigenvalue weighted by molar-refractivity contribution is 5.90. The number of amides is 1. The van der Waals surface area contributed by atoms with E-state index in [0.29, 0.717) is 17.4 Å². The molecule has 0 saturated carbocycles. The van der Waals surface area contributed by atoms with E-state index in [1.807, 2.05) is 0 Å². The number of carbonyl (C=O) groups is 2. The molecule has 1 aliphatic heterocycles. The van der Waals surface area contributed by atoms with Crippen LogP contribution in [0.1, 0.15) is 37.3 Å². The molecule has 7 nitrogen and oxygen atoms in total. The molecule has 0 radical (unpaired) electrons. The first-order chi connectivity index (χ1) is 17.3. The lowest BCUT2D eigenvalue weighted by Crippen LogP contribution is -2.48. The van der Waals surface area contributed by atoms with Crippen molar-refractivity contribution in [3.8, 4) is 11.3 Å². The molecule has 1 unspecified atom stereocenters. The van der Waals surface area contributed by atoms with Gasteiger partial charge in [0, 0.05) is 16.6 Å². The van der Waals surface area contributed by atoms with Crippen LogP contribution in [0.2, 0.25) is 0 Å². The van der Waals surface area contributed by atoms with E-state index in [9.17, 15) is 27.6 Å². The second-order valence-electron chi connectivity index (χ2n) is 10.1. The molecule has 2 aromatic carbocycles. The fourth-order valence-electron chi connectivity index (χ4n) is 4.68. The van der Waals surface area contributed by atoms with Gasteiger partial charge in [0.15, 0.2) is 0 Å². The Morgan fingerprint density at radius 2 is 1.78 bits per heavy atom. The molecule has 1 aliphatic rings. The van der Waals surface area contributed by atoms with E-state index in [4.69, 9.17) is 4.74 Å². The van der Waals surface area contributed by atoms with Crippen LogP contribution in [0.5, 0.6) is 0 Å². The van der Waals surface area contributed by atoms with Gasteiger partial charge in [0.25, 0.3) is 5.56 Å². The van der Waals surface area contributed by atoms with Gasteiger partial charge in [-0.3, -0.25) is 19.3 Å². The molecule has 37 heavy (non-hydrogen) atoms. The van der Waals surface area contributed by atoms with Gasteiger partial charge < -0.3 is 15.0 Å². The zero-order chi connectivity index (χ0) is 27.1. The van der Waals surface area contributed by atoms with Gasteiger partial charge in [-0.15, -0.1) is 0 Å². The number of aromatic amines is 1. The molecular weight excluding hydrogens is 487 g/mol. The first-order valence-corrected chi connectivity index (χ1v) is 11.8. The van der Waals surface area contributed by atoms with Gasteiger partial charge in [0.1, 0.15) is 5.60 Å². The van der Waals surface area contributed by atoms with Crippen molar-refractivity contribution in [2.45, 2.75) is 44.0 Å². The summed E-state index contributed by atoms with van der Waals surface area (Å²) >= 11 is 0. The Morgan fingerprint density at radius 3 is 2.46 bits per heavy atom. The van der Waals surface area contributed by atoms with E-state index < -0.39 is 40.8 Å². The van der Waals surface area contributed by atoms with Crippen molar-refractivity contribution in [1.29, 1.82) is 0 Å². The summed E-state index contributed by atoms with van der Waals surface area (Å²) in [5.41, 5.74) is -1.83. The van der Waals surface area contributed by atoms with Gasteiger partial charge in [0.2, 0.25) is 5.91 Å². The van der Waals surface area contributed by atoms with Crippen LogP contribution in [0.4, 0.5) is 13.2 Å². The lowest BCUT2D eigenvalue weighted by atomic mass is 9.89. The Hall–Kier alpha value is -3.66. The molecule has 4 rings (SSSR count). The molecule has 196 valence electrons. The van der Waals surface area contributed by atoms with Crippen molar-refractivity contribution in [1.82, 2.24) is 15.2 Å². The summed E-state index contributed by atoms with van der Waals surface area (Å²) in [7, 11) is 3.50. The third-order valence-corrected chi connectivity index (χ3v) is 6.56. The first-order valence-electron chi connectivity index (χ1n) is 11.8. The average molecular weight is 516 g/mol. The summed E-state index contributed by atoms with van der Waals surface area (Å²) in [6.07, 6.45) is -4.23. The van der Waals surface area contributed by atoms with E-state index in [1.54, 1.807) is 51.0 Å². The molecule has 1 amide bonds. The highest BCUT2D eigenvalue weighted by Gasteiger charge is 2.43. The van der Waals surface area contributed by atoms with Crippen LogP contribution < -0.4 is 10.9 Å². The molecule has 2 heterocycles. The van der Waals surface area contributed by atoms with Crippen molar-refractivity contribution in [2.75, 3.05) is 20.6 Å². The Labute approximate surface area is 211 Å². The standard InChI is InChI=1S/C27H28F3N3O4/c1-26(2,37-23(34)14-33(3)4)22-13-19(25(36)32-22)15-9-10-16-12-21(31-24(35)18(16)11-15)17-7-5-6-8-20(17)27(28,29)30/h5-12,19,22H,13-14H2,1-4H3,(H,31,35)(H,32,36)/t19-,22?/m0/s1. The summed E-state index contributed by atoms with van der Waals surface area (Å²) in [5, 5.41) is 3.61. The highest BCUT2D eigenvalue weighted by atomic mass is 19.4. The number of esters is 1. The molecule has 0 aliphatic carbocycles. The fourth-order valence-corrected chi connectivity index (χ4v) is 4.68. The second-order valence-corrected chi connectivity index (χ2v) is 10.1. The normalized spacial score (nSPS) is 18.3. The summed E-state index contributed by atoms with van der Waals surface area (Å²) < 4.78 is 46.1.